The number of carbonyl (C=O) groups is 1. The van der Waals surface area contributed by atoms with Crippen molar-refractivity contribution in [3.63, 3.8) is 0 Å². The van der Waals surface area contributed by atoms with Gasteiger partial charge in [0, 0.05) is 38.1 Å². The summed E-state index contributed by atoms with van der Waals surface area (Å²) in [5.74, 6) is 5.32. The fraction of sp³-hybridized carbons (Fsp3) is 0.727. The highest BCUT2D eigenvalue weighted by Gasteiger charge is 2.34. The Morgan fingerprint density at radius 3 is 2.14 bits per heavy atom. The van der Waals surface area contributed by atoms with Crippen molar-refractivity contribution in [1.82, 2.24) is 21.2 Å². The lowest BCUT2D eigenvalue weighted by Gasteiger charge is -2.40. The van der Waals surface area contributed by atoms with E-state index in [2.05, 4.69) is 95.1 Å². The number of hydrazine groups is 2. The summed E-state index contributed by atoms with van der Waals surface area (Å²) in [4.78, 5) is 19.5. The van der Waals surface area contributed by atoms with Crippen LogP contribution in [0.25, 0.3) is 0 Å². The normalized spacial score (nSPS) is 17.9. The zero-order chi connectivity index (χ0) is 43.5. The van der Waals surface area contributed by atoms with Crippen molar-refractivity contribution in [1.29, 1.82) is 0 Å². The molecule has 0 spiro atoms. The third kappa shape index (κ3) is 22.6. The maximum Gasteiger partial charge on any atom is 0.175 e. The van der Waals surface area contributed by atoms with Gasteiger partial charge in [0.15, 0.2) is 16.1 Å². The molecular weight excluding hydrogens is 723 g/mol. The van der Waals surface area contributed by atoms with E-state index in [1.807, 2.05) is 33.0 Å². The van der Waals surface area contributed by atoms with E-state index in [0.717, 1.165) is 75.6 Å². The number of nitrogens with two attached hydrogens (primary N) is 2. The second-order valence-corrected chi connectivity index (χ2v) is 18.5. The molecule has 2 rings (SSSR count). The van der Waals surface area contributed by atoms with Crippen LogP contribution in [-0.2, 0) is 19.4 Å². The van der Waals surface area contributed by atoms with Crippen LogP contribution in [0.3, 0.4) is 0 Å². The standard InChI is InChI=1S/C38H62N2O4S.C3H10N2.C2H6.CH7N3/c1-12-29(21-20-28(3)27-41)34(24-25-37(4,5)6)40(13-2)36(44-10)35(30-16-14-19-33(26-30)45(11,42)43)39-32-18-15-17-31(22-23-32)38(7,8)9;1-5-3-2-4;1-2;1-3-4-2/h12,14,16,19,26-27,31-32,34,36H,3,13,15,17-18,20-25H2,1-2,4-11H3;5H,2-4H2,1H3;1-2H3;3-4H,2H2,1H3/b29-12+,39-35?;;;. The predicted molar refractivity (Wildman–Crippen MR) is 240 cm³/mol. The van der Waals surface area contributed by atoms with E-state index in [1.54, 1.807) is 26.3 Å². The molecule has 0 saturated heterocycles. The van der Waals surface area contributed by atoms with Crippen LogP contribution in [-0.4, -0.2) is 90.7 Å². The highest BCUT2D eigenvalue weighted by molar-refractivity contribution is 7.90. The first-order chi connectivity index (χ1) is 26.3. The van der Waals surface area contributed by atoms with E-state index >= 15 is 0 Å². The molecule has 0 heterocycles. The molecule has 1 aliphatic carbocycles. The van der Waals surface area contributed by atoms with Crippen LogP contribution >= 0.6 is 0 Å². The first-order valence-electron chi connectivity index (χ1n) is 20.7. The first kappa shape index (κ1) is 55.8. The summed E-state index contributed by atoms with van der Waals surface area (Å²) in [6, 6.07) is 7.38. The Balaban J connectivity index is 0. The number of sulfone groups is 1. The first-order valence-corrected chi connectivity index (χ1v) is 22.6. The van der Waals surface area contributed by atoms with Gasteiger partial charge in [-0.3, -0.25) is 20.5 Å². The van der Waals surface area contributed by atoms with Gasteiger partial charge < -0.3 is 15.8 Å². The molecule has 0 amide bonds. The lowest BCUT2D eigenvalue weighted by molar-refractivity contribution is -0.105. The molecule has 0 aliphatic heterocycles. The molecule has 1 aliphatic rings. The zero-order valence-corrected chi connectivity index (χ0v) is 38.9. The average molecular weight is 808 g/mol. The Labute approximate surface area is 344 Å². The van der Waals surface area contributed by atoms with Crippen molar-refractivity contribution in [3.05, 3.63) is 53.6 Å². The molecule has 0 radical (unpaired) electrons. The highest BCUT2D eigenvalue weighted by Crippen LogP contribution is 2.38. The number of aliphatic imine (C=N–C) groups is 1. The number of ether oxygens (including phenoxy) is 1. The number of nitrogens with zero attached hydrogens (tertiary/aromatic N) is 2. The smallest absolute Gasteiger partial charge is 0.175 e. The molecule has 56 heavy (non-hydrogen) atoms. The minimum absolute atomic E-state index is 0.0475. The molecule has 7 N–H and O–H groups in total. The number of methoxy groups -OCH3 is 1. The largest absolute Gasteiger partial charge is 0.360 e. The van der Waals surface area contributed by atoms with Crippen molar-refractivity contribution in [2.24, 2.45) is 33.3 Å². The van der Waals surface area contributed by atoms with Gasteiger partial charge in [-0.25, -0.2) is 13.8 Å². The summed E-state index contributed by atoms with van der Waals surface area (Å²) < 4.78 is 31.7. The molecule has 11 nitrogen and oxygen atoms in total. The fourth-order valence-corrected chi connectivity index (χ4v) is 7.41. The Hall–Kier alpha value is -2.29. The topological polar surface area (TPSA) is 164 Å². The van der Waals surface area contributed by atoms with Crippen LogP contribution < -0.4 is 27.9 Å². The van der Waals surface area contributed by atoms with Gasteiger partial charge in [0.2, 0.25) is 0 Å². The van der Waals surface area contributed by atoms with E-state index in [0.29, 0.717) is 24.5 Å². The van der Waals surface area contributed by atoms with Gasteiger partial charge in [0.1, 0.15) is 6.29 Å². The summed E-state index contributed by atoms with van der Waals surface area (Å²) in [6.07, 6.45) is 12.5. The van der Waals surface area contributed by atoms with Crippen LogP contribution in [0.4, 0.5) is 0 Å². The summed E-state index contributed by atoms with van der Waals surface area (Å²) in [7, 11) is 1.90. The van der Waals surface area contributed by atoms with Crippen LogP contribution in [0.5, 0.6) is 0 Å². The van der Waals surface area contributed by atoms with E-state index < -0.39 is 16.1 Å². The third-order valence-corrected chi connectivity index (χ3v) is 11.1. The van der Waals surface area contributed by atoms with E-state index in [4.69, 9.17) is 15.5 Å². The number of nitrogens with one attached hydrogen (secondary N) is 3. The number of allylic oxidation sites excluding steroid dienone is 2. The Morgan fingerprint density at radius 2 is 1.71 bits per heavy atom. The van der Waals surface area contributed by atoms with E-state index in [1.165, 1.54) is 18.2 Å². The molecule has 1 aromatic rings. The Bertz CT molecular complexity index is 1380. The Morgan fingerprint density at radius 1 is 1.09 bits per heavy atom. The van der Waals surface area contributed by atoms with Gasteiger partial charge in [-0.15, -0.1) is 0 Å². The van der Waals surface area contributed by atoms with Gasteiger partial charge in [0.05, 0.1) is 16.6 Å². The van der Waals surface area contributed by atoms with E-state index in [-0.39, 0.29) is 27.8 Å². The zero-order valence-electron chi connectivity index (χ0n) is 38.1. The van der Waals surface area contributed by atoms with Crippen LogP contribution in [0.2, 0.25) is 0 Å². The summed E-state index contributed by atoms with van der Waals surface area (Å²) in [5.41, 5.74) is 13.5. The van der Waals surface area contributed by atoms with Gasteiger partial charge in [-0.05, 0) is 113 Å². The second-order valence-electron chi connectivity index (χ2n) is 16.5. The molecule has 4 atom stereocenters. The summed E-state index contributed by atoms with van der Waals surface area (Å²) in [6.45, 7) is 28.3. The molecule has 1 fully saturated rings. The molecule has 0 aromatic heterocycles. The number of carbonyl (C=O) groups excluding carboxylic acids is 1. The SMILES string of the molecule is C=C(C=O)CC/C(=C\C)C(CCC(C)(C)C)N(CC)C(OC)C(=NC1CCCC(C(C)(C)C)CC1)c1cccc(S(C)(=O)=O)c1.CC.CNCCN.CNNN. The van der Waals surface area contributed by atoms with E-state index in [9.17, 15) is 13.2 Å². The molecule has 1 aromatic carbocycles. The predicted octanol–water partition coefficient (Wildman–Crippen LogP) is 7.62. The quantitative estimate of drug-likeness (QED) is 0.0146. The molecule has 1 saturated carbocycles. The third-order valence-electron chi connectivity index (χ3n) is 9.97. The lowest BCUT2D eigenvalue weighted by Crippen LogP contribution is -2.50. The Kier molecular flexibility index (Phi) is 29.8. The number of aldehydes is 1. The number of benzene rings is 1. The van der Waals surface area contributed by atoms with Gasteiger partial charge in [-0.1, -0.05) is 99.1 Å². The minimum atomic E-state index is -3.41. The van der Waals surface area contributed by atoms with Gasteiger partial charge >= 0.3 is 0 Å². The maximum atomic E-state index is 12.6. The number of likely N-dealkylation sites (N-methyl/N-ethyl adjacent to an activating group) is 2. The maximum absolute atomic E-state index is 12.6. The number of hydrogen-bond acceptors (Lipinski definition) is 11. The minimum Gasteiger partial charge on any atom is -0.360 e. The van der Waals surface area contributed by atoms with Crippen LogP contribution in [0.1, 0.15) is 133 Å². The molecular formula is C44H85N7O4S. The van der Waals surface area contributed by atoms with Crippen molar-refractivity contribution in [3.8, 4) is 0 Å². The summed E-state index contributed by atoms with van der Waals surface area (Å²) >= 11 is 0. The van der Waals surface area contributed by atoms with Crippen LogP contribution in [0, 0.1) is 16.7 Å². The second kappa shape index (κ2) is 29.9. The van der Waals surface area contributed by atoms with Crippen LogP contribution in [0.15, 0.2) is 58.0 Å². The van der Waals surface area contributed by atoms with Crippen molar-refractivity contribution in [2.75, 3.05) is 47.1 Å². The van der Waals surface area contributed by atoms with Gasteiger partial charge in [-0.2, -0.15) is 5.53 Å². The molecule has 0 bridgehead atoms. The molecule has 326 valence electrons. The fourth-order valence-electron chi connectivity index (χ4n) is 6.74. The average Bonchev–Trinajstić information content (AvgIpc) is 3.41. The number of rotatable bonds is 18. The molecule has 4 unspecified atom stereocenters. The summed E-state index contributed by atoms with van der Waals surface area (Å²) in [5, 5.41) is 2.89. The van der Waals surface area contributed by atoms with Crippen molar-refractivity contribution in [2.45, 2.75) is 150 Å². The lowest BCUT2D eigenvalue weighted by atomic mass is 9.76. The highest BCUT2D eigenvalue weighted by atomic mass is 32.2. The van der Waals surface area contributed by atoms with Gasteiger partial charge in [0.25, 0.3) is 0 Å². The van der Waals surface area contributed by atoms with Crippen molar-refractivity contribution < 1.29 is 17.9 Å². The number of hydrogen-bond donors (Lipinski definition) is 5. The van der Waals surface area contributed by atoms with Crippen molar-refractivity contribution >= 4 is 21.8 Å². The monoisotopic (exact) mass is 808 g/mol. The molecule has 12 heteroatoms.